The van der Waals surface area contributed by atoms with E-state index in [0.29, 0.717) is 5.92 Å². The monoisotopic (exact) mass is 273 g/mol. The van der Waals surface area contributed by atoms with Crippen LogP contribution in [0.3, 0.4) is 0 Å². The molecule has 1 heterocycles. The van der Waals surface area contributed by atoms with Gasteiger partial charge in [-0.2, -0.15) is 11.8 Å². The van der Waals surface area contributed by atoms with Crippen molar-refractivity contribution in [3.05, 3.63) is 0 Å². The summed E-state index contributed by atoms with van der Waals surface area (Å²) in [6.07, 6.45) is 5.42. The predicted octanol–water partition coefficient (Wildman–Crippen LogP) is 0.915. The molecule has 0 saturated carbocycles. The Morgan fingerprint density at radius 1 is 1.44 bits per heavy atom. The van der Waals surface area contributed by atoms with Crippen LogP contribution in [0.25, 0.3) is 0 Å². The second-order valence-electron chi connectivity index (χ2n) is 5.25. The van der Waals surface area contributed by atoms with Gasteiger partial charge in [0.15, 0.2) is 0 Å². The van der Waals surface area contributed by atoms with E-state index >= 15 is 0 Å². The van der Waals surface area contributed by atoms with Crippen molar-refractivity contribution in [2.75, 3.05) is 38.2 Å². The lowest BCUT2D eigenvalue weighted by molar-refractivity contribution is -0.122. The molecule has 1 saturated heterocycles. The van der Waals surface area contributed by atoms with Crippen molar-refractivity contribution in [2.45, 2.75) is 32.2 Å². The van der Waals surface area contributed by atoms with Gasteiger partial charge in [0, 0.05) is 13.1 Å². The molecule has 1 rings (SSSR count). The van der Waals surface area contributed by atoms with Gasteiger partial charge in [0.2, 0.25) is 5.91 Å². The Balaban J connectivity index is 2.12. The van der Waals surface area contributed by atoms with Gasteiger partial charge < -0.3 is 16.0 Å². The molecule has 1 aliphatic heterocycles. The first-order valence-corrected chi connectivity index (χ1v) is 8.27. The minimum absolute atomic E-state index is 0.00248. The van der Waals surface area contributed by atoms with E-state index in [1.54, 1.807) is 11.8 Å². The Bertz CT molecular complexity index is 244. The van der Waals surface area contributed by atoms with Crippen LogP contribution >= 0.6 is 11.8 Å². The Kier molecular flexibility index (Phi) is 7.70. The number of rotatable bonds is 8. The predicted molar refractivity (Wildman–Crippen MR) is 78.8 cm³/mol. The molecule has 106 valence electrons. The highest BCUT2D eigenvalue weighted by molar-refractivity contribution is 7.98. The Morgan fingerprint density at radius 3 is 2.72 bits per heavy atom. The second kappa shape index (κ2) is 8.77. The lowest BCUT2D eigenvalue weighted by atomic mass is 10.1. The van der Waals surface area contributed by atoms with Crippen molar-refractivity contribution in [2.24, 2.45) is 11.7 Å². The average molecular weight is 273 g/mol. The van der Waals surface area contributed by atoms with Crippen molar-refractivity contribution in [3.63, 3.8) is 0 Å². The highest BCUT2D eigenvalue weighted by Crippen LogP contribution is 2.09. The van der Waals surface area contributed by atoms with Crippen molar-refractivity contribution in [3.8, 4) is 0 Å². The number of thioether (sulfide) groups is 1. The van der Waals surface area contributed by atoms with Crippen LogP contribution < -0.4 is 11.1 Å². The van der Waals surface area contributed by atoms with E-state index in [9.17, 15) is 4.79 Å². The van der Waals surface area contributed by atoms with Crippen LogP contribution in [0.4, 0.5) is 0 Å². The van der Waals surface area contributed by atoms with Crippen molar-refractivity contribution in [1.82, 2.24) is 10.2 Å². The highest BCUT2D eigenvalue weighted by atomic mass is 32.2. The molecular formula is C13H27N3OS. The Labute approximate surface area is 115 Å². The first-order valence-electron chi connectivity index (χ1n) is 6.88. The topological polar surface area (TPSA) is 58.4 Å². The summed E-state index contributed by atoms with van der Waals surface area (Å²) in [6.45, 7) is 6.44. The largest absolute Gasteiger partial charge is 0.354 e. The smallest absolute Gasteiger partial charge is 0.236 e. The maximum absolute atomic E-state index is 11.7. The van der Waals surface area contributed by atoms with E-state index in [1.807, 2.05) is 6.26 Å². The molecule has 0 aromatic rings. The maximum Gasteiger partial charge on any atom is 0.236 e. The molecule has 18 heavy (non-hydrogen) atoms. The summed E-state index contributed by atoms with van der Waals surface area (Å²) in [5, 5.41) is 2.97. The van der Waals surface area contributed by atoms with Crippen LogP contribution in [-0.2, 0) is 4.79 Å². The number of carbonyl (C=O) groups is 1. The number of nitrogens with zero attached hydrogens (tertiary/aromatic N) is 1. The number of likely N-dealkylation sites (tertiary alicyclic amines) is 1. The molecule has 2 unspecified atom stereocenters. The molecule has 0 aliphatic carbocycles. The number of carbonyl (C=O) groups excluding carboxylic acids is 1. The fraction of sp³-hybridized carbons (Fsp3) is 0.923. The summed E-state index contributed by atoms with van der Waals surface area (Å²) in [6, 6.07) is -0.351. The SMILES string of the molecule is CSCCC(N)C(=O)NCC(C)CN1CCCC1. The standard InChI is InChI=1S/C13H27N3OS/c1-11(10-16-6-3-4-7-16)9-15-13(17)12(14)5-8-18-2/h11-12H,3-10,14H2,1-2H3,(H,15,17). The third-order valence-electron chi connectivity index (χ3n) is 3.36. The van der Waals surface area contributed by atoms with Crippen molar-refractivity contribution < 1.29 is 4.79 Å². The molecule has 1 aliphatic rings. The third-order valence-corrected chi connectivity index (χ3v) is 4.01. The molecule has 5 heteroatoms. The van der Waals surface area contributed by atoms with Crippen LogP contribution in [0.5, 0.6) is 0 Å². The minimum Gasteiger partial charge on any atom is -0.354 e. The molecule has 0 radical (unpaired) electrons. The number of amides is 1. The van der Waals surface area contributed by atoms with E-state index in [-0.39, 0.29) is 11.9 Å². The van der Waals surface area contributed by atoms with E-state index in [2.05, 4.69) is 17.1 Å². The fourth-order valence-corrected chi connectivity index (χ4v) is 2.74. The summed E-state index contributed by atoms with van der Waals surface area (Å²) < 4.78 is 0. The number of nitrogens with one attached hydrogen (secondary N) is 1. The lowest BCUT2D eigenvalue weighted by Crippen LogP contribution is -2.43. The van der Waals surface area contributed by atoms with Gasteiger partial charge in [0.05, 0.1) is 6.04 Å². The van der Waals surface area contributed by atoms with Crippen LogP contribution in [0.15, 0.2) is 0 Å². The maximum atomic E-state index is 11.7. The van der Waals surface area contributed by atoms with E-state index in [4.69, 9.17) is 5.73 Å². The molecule has 4 nitrogen and oxygen atoms in total. The minimum atomic E-state index is -0.351. The number of hydrogen-bond donors (Lipinski definition) is 2. The van der Waals surface area contributed by atoms with Gasteiger partial charge in [-0.05, 0) is 50.3 Å². The molecule has 2 atom stereocenters. The van der Waals surface area contributed by atoms with Gasteiger partial charge in [0.25, 0.3) is 0 Å². The van der Waals surface area contributed by atoms with Crippen molar-refractivity contribution >= 4 is 17.7 Å². The third kappa shape index (κ3) is 6.07. The first-order chi connectivity index (χ1) is 8.63. The Morgan fingerprint density at radius 2 is 2.11 bits per heavy atom. The lowest BCUT2D eigenvalue weighted by Gasteiger charge is -2.21. The second-order valence-corrected chi connectivity index (χ2v) is 6.23. The van der Waals surface area contributed by atoms with Crippen molar-refractivity contribution in [1.29, 1.82) is 0 Å². The summed E-state index contributed by atoms with van der Waals surface area (Å²) in [7, 11) is 0. The van der Waals surface area contributed by atoms with E-state index in [1.165, 1.54) is 25.9 Å². The molecule has 1 amide bonds. The normalized spacial score (nSPS) is 19.7. The van der Waals surface area contributed by atoms with Gasteiger partial charge in [-0.3, -0.25) is 4.79 Å². The van der Waals surface area contributed by atoms with Gasteiger partial charge in [-0.1, -0.05) is 6.92 Å². The summed E-state index contributed by atoms with van der Waals surface area (Å²) >= 11 is 1.73. The zero-order valence-corrected chi connectivity index (χ0v) is 12.5. The zero-order valence-electron chi connectivity index (χ0n) is 11.7. The number of hydrogen-bond acceptors (Lipinski definition) is 4. The number of nitrogens with two attached hydrogens (primary N) is 1. The Hall–Kier alpha value is -0.260. The average Bonchev–Trinajstić information content (AvgIpc) is 2.85. The van der Waals surface area contributed by atoms with E-state index in [0.717, 1.165) is 25.3 Å². The molecule has 0 aromatic carbocycles. The highest BCUT2D eigenvalue weighted by Gasteiger charge is 2.17. The quantitative estimate of drug-likeness (QED) is 0.690. The molecule has 3 N–H and O–H groups in total. The van der Waals surface area contributed by atoms with Gasteiger partial charge in [-0.25, -0.2) is 0 Å². The van der Waals surface area contributed by atoms with Gasteiger partial charge >= 0.3 is 0 Å². The van der Waals surface area contributed by atoms with Gasteiger partial charge in [-0.15, -0.1) is 0 Å². The fourth-order valence-electron chi connectivity index (χ4n) is 2.25. The molecular weight excluding hydrogens is 246 g/mol. The van der Waals surface area contributed by atoms with Crippen LogP contribution in [0.1, 0.15) is 26.2 Å². The molecule has 0 spiro atoms. The molecule has 0 aromatic heterocycles. The van der Waals surface area contributed by atoms with Crippen LogP contribution in [0, 0.1) is 5.92 Å². The van der Waals surface area contributed by atoms with E-state index < -0.39 is 0 Å². The van der Waals surface area contributed by atoms with Gasteiger partial charge in [0.1, 0.15) is 0 Å². The molecule has 0 bridgehead atoms. The summed E-state index contributed by atoms with van der Waals surface area (Å²) in [4.78, 5) is 14.2. The molecule has 1 fully saturated rings. The van der Waals surface area contributed by atoms with Crippen LogP contribution in [-0.4, -0.2) is 55.0 Å². The summed E-state index contributed by atoms with van der Waals surface area (Å²) in [5.41, 5.74) is 5.82. The first kappa shape index (κ1) is 15.8. The summed E-state index contributed by atoms with van der Waals surface area (Å²) in [5.74, 6) is 1.44. The zero-order chi connectivity index (χ0) is 13.4. The van der Waals surface area contributed by atoms with Crippen LogP contribution in [0.2, 0.25) is 0 Å².